The van der Waals surface area contributed by atoms with E-state index in [0.29, 0.717) is 5.88 Å². The smallest absolute Gasteiger partial charge is 0.254 e. The van der Waals surface area contributed by atoms with Gasteiger partial charge in [0, 0.05) is 5.88 Å². The van der Waals surface area contributed by atoms with Gasteiger partial charge in [0.1, 0.15) is 5.82 Å². The lowest BCUT2D eigenvalue weighted by atomic mass is 9.83. The summed E-state index contributed by atoms with van der Waals surface area (Å²) < 4.78 is 13.8. The molecule has 1 aromatic carbocycles. The van der Waals surface area contributed by atoms with Crippen LogP contribution in [-0.4, -0.2) is 17.3 Å². The lowest BCUT2D eigenvalue weighted by molar-refractivity contribution is 0.0880. The van der Waals surface area contributed by atoms with Gasteiger partial charge in [-0.2, -0.15) is 0 Å². The van der Waals surface area contributed by atoms with Crippen LogP contribution in [0, 0.1) is 12.7 Å². The number of benzene rings is 1. The summed E-state index contributed by atoms with van der Waals surface area (Å²) in [6.07, 6.45) is 5.03. The minimum Gasteiger partial charge on any atom is -0.345 e. The van der Waals surface area contributed by atoms with Crippen molar-refractivity contribution in [1.29, 1.82) is 0 Å². The second kappa shape index (κ2) is 5.91. The Bertz CT molecular complexity index is 469. The zero-order valence-corrected chi connectivity index (χ0v) is 11.9. The molecular weight excluding hydrogens is 265 g/mol. The zero-order valence-electron chi connectivity index (χ0n) is 11.1. The van der Waals surface area contributed by atoms with Gasteiger partial charge in [0.05, 0.1) is 11.1 Å². The van der Waals surface area contributed by atoms with Gasteiger partial charge < -0.3 is 5.32 Å². The first-order valence-corrected chi connectivity index (χ1v) is 7.24. The normalized spacial score (nSPS) is 18.1. The Morgan fingerprint density at radius 3 is 2.63 bits per heavy atom. The highest BCUT2D eigenvalue weighted by Gasteiger charge is 2.33. The first-order valence-electron chi connectivity index (χ1n) is 6.71. The molecule has 1 N–H and O–H groups in total. The van der Waals surface area contributed by atoms with Crippen LogP contribution >= 0.6 is 11.6 Å². The quantitative estimate of drug-likeness (QED) is 0.840. The van der Waals surface area contributed by atoms with Gasteiger partial charge in [-0.1, -0.05) is 25.3 Å². The highest BCUT2D eigenvalue weighted by atomic mass is 35.5. The first-order chi connectivity index (χ1) is 9.06. The van der Waals surface area contributed by atoms with E-state index in [1.807, 2.05) is 0 Å². The van der Waals surface area contributed by atoms with Crippen molar-refractivity contribution in [2.45, 2.75) is 44.6 Å². The van der Waals surface area contributed by atoms with E-state index in [4.69, 9.17) is 11.6 Å². The zero-order chi connectivity index (χ0) is 13.9. The molecule has 4 heteroatoms. The second-order valence-corrected chi connectivity index (χ2v) is 5.68. The number of carbonyl (C=O) groups excluding carboxylic acids is 1. The molecule has 19 heavy (non-hydrogen) atoms. The molecule has 1 aliphatic rings. The van der Waals surface area contributed by atoms with E-state index in [-0.39, 0.29) is 17.0 Å². The number of carbonyl (C=O) groups is 1. The molecule has 1 fully saturated rings. The maximum absolute atomic E-state index is 13.8. The molecule has 0 atom stereocenters. The van der Waals surface area contributed by atoms with E-state index >= 15 is 0 Å². The number of hydrogen-bond donors (Lipinski definition) is 1. The van der Waals surface area contributed by atoms with E-state index in [0.717, 1.165) is 31.2 Å². The third-order valence-corrected chi connectivity index (χ3v) is 4.33. The van der Waals surface area contributed by atoms with Crippen molar-refractivity contribution in [2.75, 3.05) is 5.88 Å². The third-order valence-electron chi connectivity index (χ3n) is 3.81. The molecule has 0 radical (unpaired) electrons. The van der Waals surface area contributed by atoms with Gasteiger partial charge in [-0.05, 0) is 37.5 Å². The van der Waals surface area contributed by atoms with E-state index in [9.17, 15) is 9.18 Å². The average Bonchev–Trinajstić information content (AvgIpc) is 2.39. The Morgan fingerprint density at radius 1 is 1.37 bits per heavy atom. The fourth-order valence-electron chi connectivity index (χ4n) is 2.63. The second-order valence-electron chi connectivity index (χ2n) is 5.41. The predicted molar refractivity (Wildman–Crippen MR) is 75.1 cm³/mol. The lowest BCUT2D eigenvalue weighted by Crippen LogP contribution is -2.51. The molecule has 0 saturated heterocycles. The van der Waals surface area contributed by atoms with Crippen molar-refractivity contribution >= 4 is 17.5 Å². The SMILES string of the molecule is Cc1ccc(C(=O)NC2(CCl)CCCCC2)c(F)c1. The minimum absolute atomic E-state index is 0.0978. The van der Waals surface area contributed by atoms with Crippen molar-refractivity contribution in [3.8, 4) is 0 Å². The van der Waals surface area contributed by atoms with E-state index in [1.54, 1.807) is 13.0 Å². The van der Waals surface area contributed by atoms with Gasteiger partial charge in [-0.15, -0.1) is 11.6 Å². The van der Waals surface area contributed by atoms with E-state index in [2.05, 4.69) is 5.32 Å². The summed E-state index contributed by atoms with van der Waals surface area (Å²) in [5.74, 6) is -0.454. The number of halogens is 2. The number of aryl methyl sites for hydroxylation is 1. The van der Waals surface area contributed by atoms with Gasteiger partial charge in [-0.25, -0.2) is 4.39 Å². The molecule has 0 heterocycles. The molecule has 2 rings (SSSR count). The summed E-state index contributed by atoms with van der Waals surface area (Å²) in [5, 5.41) is 2.95. The minimum atomic E-state index is -0.474. The lowest BCUT2D eigenvalue weighted by Gasteiger charge is -2.36. The van der Waals surface area contributed by atoms with Crippen molar-refractivity contribution < 1.29 is 9.18 Å². The summed E-state index contributed by atoms with van der Waals surface area (Å²) >= 11 is 6.03. The molecule has 1 aromatic rings. The standard InChI is InChI=1S/C15H19ClFNO/c1-11-5-6-12(13(17)9-11)14(19)18-15(10-16)7-3-2-4-8-15/h5-6,9H,2-4,7-8,10H2,1H3,(H,18,19). The highest BCUT2D eigenvalue weighted by Crippen LogP contribution is 2.29. The molecule has 104 valence electrons. The molecule has 0 unspecified atom stereocenters. The van der Waals surface area contributed by atoms with Crippen molar-refractivity contribution in [1.82, 2.24) is 5.32 Å². The molecular formula is C15H19ClFNO. The fraction of sp³-hybridized carbons (Fsp3) is 0.533. The van der Waals surface area contributed by atoms with Crippen LogP contribution in [-0.2, 0) is 0 Å². The van der Waals surface area contributed by atoms with Crippen LogP contribution in [0.1, 0.15) is 48.0 Å². The number of amides is 1. The molecule has 1 amide bonds. The van der Waals surface area contributed by atoms with Gasteiger partial charge in [0.2, 0.25) is 0 Å². The fourth-order valence-corrected chi connectivity index (χ4v) is 2.97. The van der Waals surface area contributed by atoms with E-state index < -0.39 is 5.82 Å². The van der Waals surface area contributed by atoms with Crippen molar-refractivity contribution in [3.63, 3.8) is 0 Å². The maximum atomic E-state index is 13.8. The maximum Gasteiger partial charge on any atom is 0.254 e. The van der Waals surface area contributed by atoms with Crippen LogP contribution in [0.5, 0.6) is 0 Å². The summed E-state index contributed by atoms with van der Waals surface area (Å²) in [4.78, 5) is 12.2. The summed E-state index contributed by atoms with van der Waals surface area (Å²) in [6.45, 7) is 1.80. The number of hydrogen-bond acceptors (Lipinski definition) is 1. The van der Waals surface area contributed by atoms with Crippen molar-refractivity contribution in [3.05, 3.63) is 35.1 Å². The largest absolute Gasteiger partial charge is 0.345 e. The van der Waals surface area contributed by atoms with E-state index in [1.165, 1.54) is 18.6 Å². The van der Waals surface area contributed by atoms with Crippen LogP contribution in [0.3, 0.4) is 0 Å². The Labute approximate surface area is 118 Å². The average molecular weight is 284 g/mol. The van der Waals surface area contributed by atoms with Gasteiger partial charge in [0.25, 0.3) is 5.91 Å². The highest BCUT2D eigenvalue weighted by molar-refractivity contribution is 6.19. The topological polar surface area (TPSA) is 29.1 Å². The molecule has 0 spiro atoms. The third kappa shape index (κ3) is 3.27. The van der Waals surface area contributed by atoms with Crippen LogP contribution in [0.25, 0.3) is 0 Å². The van der Waals surface area contributed by atoms with Gasteiger partial charge in [0.15, 0.2) is 0 Å². The predicted octanol–water partition coefficient (Wildman–Crippen LogP) is 3.81. The number of nitrogens with one attached hydrogen (secondary N) is 1. The summed E-state index contributed by atoms with van der Waals surface area (Å²) in [6, 6.07) is 4.65. The molecule has 0 aliphatic heterocycles. The molecule has 0 bridgehead atoms. The van der Waals surface area contributed by atoms with Crippen LogP contribution in [0.2, 0.25) is 0 Å². The van der Waals surface area contributed by atoms with Crippen LogP contribution in [0.15, 0.2) is 18.2 Å². The van der Waals surface area contributed by atoms with Crippen LogP contribution < -0.4 is 5.32 Å². The summed E-state index contributed by atoms with van der Waals surface area (Å²) in [5.41, 5.74) is 0.535. The molecule has 1 aliphatic carbocycles. The molecule has 1 saturated carbocycles. The number of rotatable bonds is 3. The summed E-state index contributed by atoms with van der Waals surface area (Å²) in [7, 11) is 0. The Kier molecular flexibility index (Phi) is 4.46. The molecule has 2 nitrogen and oxygen atoms in total. The molecule has 0 aromatic heterocycles. The number of alkyl halides is 1. The Hall–Kier alpha value is -1.09. The monoisotopic (exact) mass is 283 g/mol. The van der Waals surface area contributed by atoms with Gasteiger partial charge >= 0.3 is 0 Å². The Balaban J connectivity index is 2.15. The first kappa shape index (κ1) is 14.3. The van der Waals surface area contributed by atoms with Gasteiger partial charge in [-0.3, -0.25) is 4.79 Å². The Morgan fingerprint density at radius 2 is 2.05 bits per heavy atom. The van der Waals surface area contributed by atoms with Crippen molar-refractivity contribution in [2.24, 2.45) is 0 Å². The van der Waals surface area contributed by atoms with Crippen LogP contribution in [0.4, 0.5) is 4.39 Å².